The van der Waals surface area contributed by atoms with E-state index in [1.807, 2.05) is 0 Å². The van der Waals surface area contributed by atoms with E-state index in [-0.39, 0.29) is 11.3 Å². The van der Waals surface area contributed by atoms with Gasteiger partial charge in [-0.1, -0.05) is 12.1 Å². The van der Waals surface area contributed by atoms with Gasteiger partial charge < -0.3 is 4.42 Å². The number of oxazole rings is 1. The lowest BCUT2D eigenvalue weighted by molar-refractivity contribution is 0.103. The molecule has 0 atom stereocenters. The summed E-state index contributed by atoms with van der Waals surface area (Å²) in [5.74, 6) is -1.38. The van der Waals surface area contributed by atoms with Gasteiger partial charge in [0.1, 0.15) is 5.82 Å². The number of rotatable bonds is 2. The molecule has 0 saturated heterocycles. The Balaban J connectivity index is 2.08. The van der Waals surface area contributed by atoms with E-state index < -0.39 is 11.6 Å². The molecule has 0 amide bonds. The summed E-state index contributed by atoms with van der Waals surface area (Å²) in [4.78, 5) is 25.7. The molecule has 3 aromatic rings. The van der Waals surface area contributed by atoms with Gasteiger partial charge in [-0.05, 0) is 30.3 Å². The van der Waals surface area contributed by atoms with Gasteiger partial charge in [-0.25, -0.2) is 9.18 Å². The molecule has 0 aliphatic heterocycles. The first-order valence-corrected chi connectivity index (χ1v) is 5.56. The quantitative estimate of drug-likeness (QED) is 0.717. The molecule has 2 aromatic carbocycles. The third-order valence-corrected chi connectivity index (χ3v) is 2.77. The first-order valence-electron chi connectivity index (χ1n) is 5.56. The van der Waals surface area contributed by atoms with E-state index in [2.05, 4.69) is 4.98 Å². The molecule has 0 unspecified atom stereocenters. The lowest BCUT2D eigenvalue weighted by Gasteiger charge is -2.01. The largest absolute Gasteiger partial charge is 0.417 e. The lowest BCUT2D eigenvalue weighted by atomic mass is 10.0. The van der Waals surface area contributed by atoms with Crippen molar-refractivity contribution in [1.29, 1.82) is 0 Å². The number of benzene rings is 2. The van der Waals surface area contributed by atoms with Crippen molar-refractivity contribution in [2.45, 2.75) is 0 Å². The van der Waals surface area contributed by atoms with Crippen molar-refractivity contribution >= 4 is 16.9 Å². The highest BCUT2D eigenvalue weighted by Gasteiger charge is 2.11. The number of hydrogen-bond donors (Lipinski definition) is 1. The molecule has 19 heavy (non-hydrogen) atoms. The summed E-state index contributed by atoms with van der Waals surface area (Å²) in [5.41, 5.74) is 1.39. The molecule has 0 bridgehead atoms. The van der Waals surface area contributed by atoms with Gasteiger partial charge >= 0.3 is 5.76 Å². The monoisotopic (exact) mass is 257 g/mol. The van der Waals surface area contributed by atoms with E-state index in [0.29, 0.717) is 16.7 Å². The van der Waals surface area contributed by atoms with Gasteiger partial charge in [-0.2, -0.15) is 0 Å². The zero-order valence-electron chi connectivity index (χ0n) is 9.64. The first-order chi connectivity index (χ1) is 9.13. The number of aromatic nitrogens is 1. The van der Waals surface area contributed by atoms with E-state index in [4.69, 9.17) is 4.42 Å². The normalized spacial score (nSPS) is 10.8. The number of carbonyl (C=O) groups is 1. The van der Waals surface area contributed by atoms with Crippen molar-refractivity contribution < 1.29 is 13.6 Å². The maximum Gasteiger partial charge on any atom is 0.417 e. The number of carbonyl (C=O) groups excluding carboxylic acids is 1. The predicted molar refractivity (Wildman–Crippen MR) is 66.7 cm³/mol. The van der Waals surface area contributed by atoms with Gasteiger partial charge in [-0.15, -0.1) is 0 Å². The molecule has 3 rings (SSSR count). The average Bonchev–Trinajstić information content (AvgIpc) is 2.76. The Labute approximate surface area is 106 Å². The molecule has 0 fully saturated rings. The van der Waals surface area contributed by atoms with Crippen LogP contribution in [0.25, 0.3) is 11.1 Å². The molecule has 1 heterocycles. The molecule has 1 N–H and O–H groups in total. The summed E-state index contributed by atoms with van der Waals surface area (Å²) in [6, 6.07) is 10.0. The number of hydrogen-bond acceptors (Lipinski definition) is 3. The van der Waals surface area contributed by atoms with Gasteiger partial charge in [0, 0.05) is 11.1 Å². The zero-order chi connectivity index (χ0) is 13.4. The van der Waals surface area contributed by atoms with Crippen LogP contribution in [0.15, 0.2) is 51.7 Å². The fourth-order valence-corrected chi connectivity index (χ4v) is 1.88. The standard InChI is InChI=1S/C14H8FNO3/c15-10-3-1-2-8(6-10)13(17)9-4-5-11-12(7-9)19-14(18)16-11/h1-7H,(H,16,18). The second-order valence-electron chi connectivity index (χ2n) is 4.06. The van der Waals surface area contributed by atoms with Crippen molar-refractivity contribution in [3.8, 4) is 0 Å². The van der Waals surface area contributed by atoms with Crippen molar-refractivity contribution in [3.05, 3.63) is 70.0 Å². The Bertz CT molecular complexity index is 832. The topological polar surface area (TPSA) is 63.1 Å². The van der Waals surface area contributed by atoms with Crippen molar-refractivity contribution in [1.82, 2.24) is 4.98 Å². The summed E-state index contributed by atoms with van der Waals surface area (Å²) < 4.78 is 18.0. The minimum absolute atomic E-state index is 0.247. The smallest absolute Gasteiger partial charge is 0.408 e. The molecule has 4 nitrogen and oxygen atoms in total. The number of halogens is 1. The highest BCUT2D eigenvalue weighted by Crippen LogP contribution is 2.16. The molecule has 0 saturated carbocycles. The van der Waals surface area contributed by atoms with Crippen molar-refractivity contribution in [2.24, 2.45) is 0 Å². The van der Waals surface area contributed by atoms with Crippen LogP contribution in [0.4, 0.5) is 4.39 Å². The van der Waals surface area contributed by atoms with Crippen LogP contribution in [0, 0.1) is 5.82 Å². The van der Waals surface area contributed by atoms with Crippen LogP contribution in [0.2, 0.25) is 0 Å². The molecule has 0 spiro atoms. The van der Waals surface area contributed by atoms with Crippen molar-refractivity contribution in [2.75, 3.05) is 0 Å². The Morgan fingerprint density at radius 1 is 1.11 bits per heavy atom. The second-order valence-corrected chi connectivity index (χ2v) is 4.06. The van der Waals surface area contributed by atoms with Gasteiger partial charge in [0.2, 0.25) is 0 Å². The maximum atomic E-state index is 13.1. The summed E-state index contributed by atoms with van der Waals surface area (Å²) in [5, 5.41) is 0. The SMILES string of the molecule is O=C(c1cccc(F)c1)c1ccc2[nH]c(=O)oc2c1. The number of aromatic amines is 1. The van der Waals surface area contributed by atoms with Gasteiger partial charge in [0.25, 0.3) is 0 Å². The summed E-state index contributed by atoms with van der Waals surface area (Å²) in [6.45, 7) is 0. The summed E-state index contributed by atoms with van der Waals surface area (Å²) in [6.07, 6.45) is 0. The summed E-state index contributed by atoms with van der Waals surface area (Å²) in [7, 11) is 0. The van der Waals surface area contributed by atoms with Crippen LogP contribution in [0.3, 0.4) is 0 Å². The molecule has 94 valence electrons. The fraction of sp³-hybridized carbons (Fsp3) is 0. The molecule has 0 aliphatic carbocycles. The van der Waals surface area contributed by atoms with Gasteiger partial charge in [0.15, 0.2) is 11.4 Å². The third kappa shape index (κ3) is 2.06. The maximum absolute atomic E-state index is 13.1. The van der Waals surface area contributed by atoms with E-state index in [1.165, 1.54) is 30.3 Å². The van der Waals surface area contributed by atoms with Crippen LogP contribution in [-0.2, 0) is 0 Å². The Morgan fingerprint density at radius 3 is 2.68 bits per heavy atom. The predicted octanol–water partition coefficient (Wildman–Crippen LogP) is 2.49. The van der Waals surface area contributed by atoms with Crippen LogP contribution in [-0.4, -0.2) is 10.8 Å². The number of fused-ring (bicyclic) bond motifs is 1. The molecule has 1 aromatic heterocycles. The Hall–Kier alpha value is -2.69. The van der Waals surface area contributed by atoms with Crippen LogP contribution in [0.5, 0.6) is 0 Å². The number of nitrogens with one attached hydrogen (secondary N) is 1. The van der Waals surface area contributed by atoms with Crippen molar-refractivity contribution in [3.63, 3.8) is 0 Å². The lowest BCUT2D eigenvalue weighted by Crippen LogP contribution is -2.01. The number of ketones is 1. The van der Waals surface area contributed by atoms with E-state index in [0.717, 1.165) is 0 Å². The first kappa shape index (κ1) is 11.4. The van der Waals surface area contributed by atoms with Gasteiger partial charge in [-0.3, -0.25) is 9.78 Å². The highest BCUT2D eigenvalue weighted by molar-refractivity contribution is 6.10. The fourth-order valence-electron chi connectivity index (χ4n) is 1.88. The molecule has 0 aliphatic rings. The molecular weight excluding hydrogens is 249 g/mol. The minimum Gasteiger partial charge on any atom is -0.408 e. The average molecular weight is 257 g/mol. The van der Waals surface area contributed by atoms with Gasteiger partial charge in [0.05, 0.1) is 5.52 Å². The summed E-state index contributed by atoms with van der Waals surface area (Å²) >= 11 is 0. The zero-order valence-corrected chi connectivity index (χ0v) is 9.64. The Morgan fingerprint density at radius 2 is 1.89 bits per heavy atom. The van der Waals surface area contributed by atoms with Crippen LogP contribution >= 0.6 is 0 Å². The van der Waals surface area contributed by atoms with E-state index in [1.54, 1.807) is 12.1 Å². The molecule has 0 radical (unpaired) electrons. The second kappa shape index (κ2) is 4.20. The number of H-pyrrole nitrogens is 1. The van der Waals surface area contributed by atoms with E-state index in [9.17, 15) is 14.0 Å². The van der Waals surface area contributed by atoms with Crippen LogP contribution < -0.4 is 5.76 Å². The van der Waals surface area contributed by atoms with E-state index >= 15 is 0 Å². The Kier molecular flexibility index (Phi) is 2.52. The third-order valence-electron chi connectivity index (χ3n) is 2.77. The highest BCUT2D eigenvalue weighted by atomic mass is 19.1. The molecular formula is C14H8FNO3. The van der Waals surface area contributed by atoms with Crippen LogP contribution in [0.1, 0.15) is 15.9 Å². The molecule has 5 heteroatoms. The minimum atomic E-state index is -0.578.